The fourth-order valence-electron chi connectivity index (χ4n) is 0.836. The zero-order valence-electron chi connectivity index (χ0n) is 6.61. The summed E-state index contributed by atoms with van der Waals surface area (Å²) < 4.78 is 6.34. The summed E-state index contributed by atoms with van der Waals surface area (Å²) >= 11 is 11.8. The summed E-state index contributed by atoms with van der Waals surface area (Å²) in [4.78, 5) is 10.9. The highest BCUT2D eigenvalue weighted by Crippen LogP contribution is 2.32. The van der Waals surface area contributed by atoms with Crippen molar-refractivity contribution in [2.45, 2.75) is 0 Å². The third-order valence-electron chi connectivity index (χ3n) is 1.45. The average molecular weight is 328 g/mol. The van der Waals surface area contributed by atoms with E-state index in [0.29, 0.717) is 20.3 Å². The first kappa shape index (κ1) is 11.0. The van der Waals surface area contributed by atoms with Gasteiger partial charge in [-0.15, -0.1) is 0 Å². The number of ether oxygens (including phenoxy) is 1. The topological polar surface area (TPSA) is 26.3 Å². The summed E-state index contributed by atoms with van der Waals surface area (Å²) in [5, 5.41) is -0.504. The summed E-state index contributed by atoms with van der Waals surface area (Å²) in [6.07, 6.45) is 0. The molecule has 0 amide bonds. The average Bonchev–Trinajstić information content (AvgIpc) is 2.07. The van der Waals surface area contributed by atoms with E-state index in [-0.39, 0.29) is 0 Å². The van der Waals surface area contributed by atoms with Gasteiger partial charge in [0.1, 0.15) is 5.75 Å². The zero-order chi connectivity index (χ0) is 10.0. The quantitative estimate of drug-likeness (QED) is 0.776. The van der Waals surface area contributed by atoms with E-state index in [1.165, 1.54) is 0 Å². The normalized spacial score (nSPS) is 9.85. The van der Waals surface area contributed by atoms with Gasteiger partial charge in [-0.2, -0.15) is 0 Å². The molecule has 0 aliphatic carbocycles. The number of carbonyl (C=O) groups is 1. The van der Waals surface area contributed by atoms with E-state index in [4.69, 9.17) is 16.3 Å². The second-order valence-electron chi connectivity index (χ2n) is 2.24. The Morgan fingerprint density at radius 3 is 2.46 bits per heavy atom. The maximum Gasteiger partial charge on any atom is 0.253 e. The van der Waals surface area contributed by atoms with Gasteiger partial charge in [0.25, 0.3) is 5.24 Å². The van der Waals surface area contributed by atoms with E-state index in [2.05, 4.69) is 31.9 Å². The van der Waals surface area contributed by atoms with Gasteiger partial charge in [-0.3, -0.25) is 4.79 Å². The molecule has 0 heterocycles. The van der Waals surface area contributed by atoms with Crippen LogP contribution in [0.4, 0.5) is 0 Å². The zero-order valence-corrected chi connectivity index (χ0v) is 10.5. The highest BCUT2D eigenvalue weighted by Gasteiger charge is 2.11. The summed E-state index contributed by atoms with van der Waals surface area (Å²) in [5.74, 6) is 0.647. The number of benzene rings is 1. The number of halogens is 3. The van der Waals surface area contributed by atoms with Crippen LogP contribution in [0.2, 0.25) is 0 Å². The third-order valence-corrected chi connectivity index (χ3v) is 2.93. The van der Waals surface area contributed by atoms with Crippen molar-refractivity contribution in [2.24, 2.45) is 0 Å². The Kier molecular flexibility index (Phi) is 3.76. The fraction of sp³-hybridized carbons (Fsp3) is 0.125. The molecule has 0 aliphatic heterocycles. The van der Waals surface area contributed by atoms with E-state index < -0.39 is 5.24 Å². The molecular formula is C8H5Br2ClO2. The number of rotatable bonds is 2. The number of hydrogen-bond acceptors (Lipinski definition) is 2. The van der Waals surface area contributed by atoms with E-state index in [1.807, 2.05) is 0 Å². The number of carbonyl (C=O) groups excluding carboxylic acids is 1. The van der Waals surface area contributed by atoms with Gasteiger partial charge in [-0.1, -0.05) is 0 Å². The van der Waals surface area contributed by atoms with E-state index >= 15 is 0 Å². The highest BCUT2D eigenvalue weighted by molar-refractivity contribution is 9.11. The lowest BCUT2D eigenvalue weighted by atomic mass is 10.2. The van der Waals surface area contributed by atoms with Crippen LogP contribution in [0.3, 0.4) is 0 Å². The standard InChI is InChI=1S/C8H5Br2ClO2/c1-13-7-3-5(9)4(8(11)12)2-6(7)10/h2-3H,1H3. The van der Waals surface area contributed by atoms with Crippen LogP contribution >= 0.6 is 43.5 Å². The van der Waals surface area contributed by atoms with Crippen LogP contribution in [0, 0.1) is 0 Å². The minimum absolute atomic E-state index is 0.411. The second-order valence-corrected chi connectivity index (χ2v) is 4.29. The van der Waals surface area contributed by atoms with E-state index in [1.54, 1.807) is 19.2 Å². The minimum Gasteiger partial charge on any atom is -0.496 e. The Balaban J connectivity index is 3.28. The van der Waals surface area contributed by atoms with Crippen LogP contribution in [-0.2, 0) is 0 Å². The predicted molar refractivity (Wildman–Crippen MR) is 58.6 cm³/mol. The molecule has 0 aromatic heterocycles. The molecular weight excluding hydrogens is 323 g/mol. The van der Waals surface area contributed by atoms with Crippen molar-refractivity contribution in [3.63, 3.8) is 0 Å². The van der Waals surface area contributed by atoms with Crippen LogP contribution < -0.4 is 4.74 Å². The van der Waals surface area contributed by atoms with Crippen LogP contribution in [-0.4, -0.2) is 12.4 Å². The molecule has 0 aliphatic rings. The van der Waals surface area contributed by atoms with Gasteiger partial charge >= 0.3 is 0 Å². The SMILES string of the molecule is COc1cc(Br)c(C(=O)Cl)cc1Br. The molecule has 1 aromatic carbocycles. The Bertz CT molecular complexity index is 352. The maximum atomic E-state index is 10.9. The van der Waals surface area contributed by atoms with E-state index in [0.717, 1.165) is 0 Å². The predicted octanol–water partition coefficient (Wildman–Crippen LogP) is 3.60. The largest absolute Gasteiger partial charge is 0.496 e. The van der Waals surface area contributed by atoms with Crippen molar-refractivity contribution < 1.29 is 9.53 Å². The van der Waals surface area contributed by atoms with Gasteiger partial charge in [0.05, 0.1) is 11.6 Å². The van der Waals surface area contributed by atoms with Gasteiger partial charge in [0.2, 0.25) is 0 Å². The Morgan fingerprint density at radius 1 is 1.38 bits per heavy atom. The number of methoxy groups -OCH3 is 1. The Labute approximate surface area is 97.5 Å². The van der Waals surface area contributed by atoms with Crippen molar-refractivity contribution in [1.29, 1.82) is 0 Å². The molecule has 0 fully saturated rings. The molecule has 0 bridgehead atoms. The molecule has 0 saturated carbocycles. The highest BCUT2D eigenvalue weighted by atomic mass is 79.9. The molecule has 0 spiro atoms. The smallest absolute Gasteiger partial charge is 0.253 e. The summed E-state index contributed by atoms with van der Waals surface area (Å²) in [5.41, 5.74) is 0.411. The Morgan fingerprint density at radius 2 is 2.00 bits per heavy atom. The first-order valence-corrected chi connectivity index (χ1v) is 5.25. The van der Waals surface area contributed by atoms with Crippen LogP contribution in [0.25, 0.3) is 0 Å². The fourth-order valence-corrected chi connectivity index (χ4v) is 2.11. The van der Waals surface area contributed by atoms with Crippen molar-refractivity contribution in [3.05, 3.63) is 26.6 Å². The Hall–Kier alpha value is -0.0600. The lowest BCUT2D eigenvalue weighted by Gasteiger charge is -2.05. The van der Waals surface area contributed by atoms with Gasteiger partial charge < -0.3 is 4.74 Å². The molecule has 5 heteroatoms. The van der Waals surface area contributed by atoms with E-state index in [9.17, 15) is 4.79 Å². The monoisotopic (exact) mass is 326 g/mol. The minimum atomic E-state index is -0.504. The van der Waals surface area contributed by atoms with Crippen molar-refractivity contribution in [3.8, 4) is 5.75 Å². The summed E-state index contributed by atoms with van der Waals surface area (Å²) in [6.45, 7) is 0. The van der Waals surface area contributed by atoms with Gasteiger partial charge in [-0.25, -0.2) is 0 Å². The molecule has 0 unspecified atom stereocenters. The lowest BCUT2D eigenvalue weighted by molar-refractivity contribution is 0.108. The van der Waals surface area contributed by atoms with Gasteiger partial charge in [0, 0.05) is 10.0 Å². The van der Waals surface area contributed by atoms with Crippen molar-refractivity contribution in [1.82, 2.24) is 0 Å². The van der Waals surface area contributed by atoms with Crippen molar-refractivity contribution >= 4 is 48.7 Å². The molecule has 1 rings (SSSR count). The van der Waals surface area contributed by atoms with Gasteiger partial charge in [0.15, 0.2) is 0 Å². The molecule has 1 aromatic rings. The maximum absolute atomic E-state index is 10.9. The molecule has 0 radical (unpaired) electrons. The molecule has 2 nitrogen and oxygen atoms in total. The summed E-state index contributed by atoms with van der Waals surface area (Å²) in [7, 11) is 1.55. The summed E-state index contributed by atoms with van der Waals surface area (Å²) in [6, 6.07) is 3.29. The second kappa shape index (κ2) is 4.44. The molecule has 13 heavy (non-hydrogen) atoms. The number of hydrogen-bond donors (Lipinski definition) is 0. The molecule has 0 saturated heterocycles. The van der Waals surface area contributed by atoms with Crippen molar-refractivity contribution in [2.75, 3.05) is 7.11 Å². The first-order valence-electron chi connectivity index (χ1n) is 3.29. The van der Waals surface area contributed by atoms with Crippen LogP contribution in [0.15, 0.2) is 21.1 Å². The van der Waals surface area contributed by atoms with Gasteiger partial charge in [-0.05, 0) is 55.6 Å². The molecule has 0 N–H and O–H groups in total. The molecule has 0 atom stereocenters. The van der Waals surface area contributed by atoms with Crippen LogP contribution in [0.5, 0.6) is 5.75 Å². The molecule has 70 valence electrons. The third kappa shape index (κ3) is 2.45. The van der Waals surface area contributed by atoms with Crippen LogP contribution in [0.1, 0.15) is 10.4 Å². The lowest BCUT2D eigenvalue weighted by Crippen LogP contribution is -1.93. The first-order chi connectivity index (χ1) is 6.06.